The van der Waals surface area contributed by atoms with Crippen LogP contribution in [0, 0.1) is 0 Å². The number of nitrogens with two attached hydrogens (primary N) is 2. The minimum Gasteiger partial charge on any atom is -0.489 e. The normalized spacial score (nSPS) is 17.6. The Balaban J connectivity index is 1.41. The van der Waals surface area contributed by atoms with E-state index in [1.165, 1.54) is 24.3 Å². The van der Waals surface area contributed by atoms with Crippen LogP contribution in [0.4, 0.5) is 5.95 Å². The summed E-state index contributed by atoms with van der Waals surface area (Å²) < 4.78 is 11.8. The Bertz CT molecular complexity index is 891. The van der Waals surface area contributed by atoms with E-state index in [1.807, 2.05) is 12.1 Å². The second-order valence-corrected chi connectivity index (χ2v) is 8.12. The molecule has 2 heterocycles. The lowest BCUT2D eigenvalue weighted by Crippen LogP contribution is -2.32. The SMILES string of the molecule is CN(N)/C(CNc1nccc(OC2CC2)n1)=C(\N)c1ccc(OC2CCCCC2)cn1. The first kappa shape index (κ1) is 21.2. The van der Waals surface area contributed by atoms with Gasteiger partial charge in [0.1, 0.15) is 11.9 Å². The summed E-state index contributed by atoms with van der Waals surface area (Å²) in [6, 6.07) is 5.52. The van der Waals surface area contributed by atoms with E-state index >= 15 is 0 Å². The molecule has 4 rings (SSSR count). The van der Waals surface area contributed by atoms with E-state index in [4.69, 9.17) is 21.1 Å². The van der Waals surface area contributed by atoms with E-state index < -0.39 is 0 Å². The maximum absolute atomic E-state index is 6.39. The molecular formula is C22H31N7O2. The van der Waals surface area contributed by atoms with E-state index in [0.29, 0.717) is 35.5 Å². The number of nitrogens with zero attached hydrogens (tertiary/aromatic N) is 4. The summed E-state index contributed by atoms with van der Waals surface area (Å²) in [6.07, 6.45) is 12.1. The lowest BCUT2D eigenvalue weighted by Gasteiger charge is -2.23. The molecule has 2 aromatic rings. The van der Waals surface area contributed by atoms with Crippen molar-refractivity contribution in [2.75, 3.05) is 18.9 Å². The number of pyridine rings is 1. The highest BCUT2D eigenvalue weighted by Gasteiger charge is 2.24. The average Bonchev–Trinajstić information content (AvgIpc) is 3.59. The molecule has 166 valence electrons. The van der Waals surface area contributed by atoms with Gasteiger partial charge in [-0.2, -0.15) is 4.98 Å². The second-order valence-electron chi connectivity index (χ2n) is 8.12. The molecule has 0 unspecified atom stereocenters. The highest BCUT2D eigenvalue weighted by molar-refractivity contribution is 5.63. The summed E-state index contributed by atoms with van der Waals surface area (Å²) in [5.41, 5.74) is 8.18. The maximum atomic E-state index is 6.39. The minimum atomic E-state index is 0.278. The number of hydrogen-bond donors (Lipinski definition) is 3. The fourth-order valence-corrected chi connectivity index (χ4v) is 3.55. The van der Waals surface area contributed by atoms with Crippen molar-refractivity contribution in [3.63, 3.8) is 0 Å². The van der Waals surface area contributed by atoms with E-state index in [0.717, 1.165) is 31.4 Å². The van der Waals surface area contributed by atoms with E-state index in [2.05, 4.69) is 20.3 Å². The largest absolute Gasteiger partial charge is 0.489 e. The van der Waals surface area contributed by atoms with E-state index in [-0.39, 0.29) is 12.2 Å². The Morgan fingerprint density at radius 1 is 1.06 bits per heavy atom. The van der Waals surface area contributed by atoms with Crippen molar-refractivity contribution >= 4 is 11.6 Å². The van der Waals surface area contributed by atoms with Crippen LogP contribution in [-0.4, -0.2) is 45.8 Å². The van der Waals surface area contributed by atoms with Gasteiger partial charge in [0, 0.05) is 19.3 Å². The highest BCUT2D eigenvalue weighted by atomic mass is 16.5. The van der Waals surface area contributed by atoms with Gasteiger partial charge in [-0.15, -0.1) is 0 Å². The molecule has 5 N–H and O–H groups in total. The molecule has 0 amide bonds. The zero-order chi connectivity index (χ0) is 21.6. The molecule has 0 aliphatic heterocycles. The van der Waals surface area contributed by atoms with Crippen molar-refractivity contribution in [3.8, 4) is 11.6 Å². The minimum absolute atomic E-state index is 0.278. The van der Waals surface area contributed by atoms with Crippen LogP contribution >= 0.6 is 0 Å². The Hall–Kier alpha value is -3.07. The lowest BCUT2D eigenvalue weighted by molar-refractivity contribution is 0.154. The van der Waals surface area contributed by atoms with Gasteiger partial charge in [0.25, 0.3) is 0 Å². The van der Waals surface area contributed by atoms with Gasteiger partial charge in [0.2, 0.25) is 11.8 Å². The Morgan fingerprint density at radius 3 is 2.52 bits per heavy atom. The van der Waals surface area contributed by atoms with Gasteiger partial charge in [-0.1, -0.05) is 6.42 Å². The summed E-state index contributed by atoms with van der Waals surface area (Å²) in [5.74, 6) is 7.82. The molecule has 0 bridgehead atoms. The molecule has 2 saturated carbocycles. The first-order chi connectivity index (χ1) is 15.1. The van der Waals surface area contributed by atoms with Gasteiger partial charge in [-0.25, -0.2) is 10.8 Å². The predicted octanol–water partition coefficient (Wildman–Crippen LogP) is 2.67. The van der Waals surface area contributed by atoms with Crippen LogP contribution in [0.15, 0.2) is 36.3 Å². The summed E-state index contributed by atoms with van der Waals surface area (Å²) in [6.45, 7) is 0.341. The summed E-state index contributed by atoms with van der Waals surface area (Å²) in [7, 11) is 1.73. The van der Waals surface area contributed by atoms with Crippen LogP contribution < -0.4 is 26.4 Å². The number of aromatic nitrogens is 3. The number of rotatable bonds is 9. The van der Waals surface area contributed by atoms with Gasteiger partial charge in [-0.05, 0) is 50.7 Å². The van der Waals surface area contributed by atoms with E-state index in [9.17, 15) is 0 Å². The first-order valence-electron chi connectivity index (χ1n) is 10.9. The van der Waals surface area contributed by atoms with Crippen LogP contribution in [0.25, 0.3) is 5.70 Å². The molecule has 0 aromatic carbocycles. The van der Waals surface area contributed by atoms with Crippen LogP contribution in [0.3, 0.4) is 0 Å². The van der Waals surface area contributed by atoms with Crippen molar-refractivity contribution < 1.29 is 9.47 Å². The third-order valence-electron chi connectivity index (χ3n) is 5.46. The molecule has 0 spiro atoms. The number of ether oxygens (including phenoxy) is 2. The molecular weight excluding hydrogens is 394 g/mol. The molecule has 9 nitrogen and oxygen atoms in total. The Kier molecular flexibility index (Phi) is 6.71. The molecule has 2 aliphatic carbocycles. The van der Waals surface area contributed by atoms with Crippen molar-refractivity contribution in [2.45, 2.75) is 57.2 Å². The zero-order valence-corrected chi connectivity index (χ0v) is 18.0. The number of nitrogens with one attached hydrogen (secondary N) is 1. The fraction of sp³-hybridized carbons (Fsp3) is 0.500. The Labute approximate surface area is 182 Å². The molecule has 31 heavy (non-hydrogen) atoms. The molecule has 2 aromatic heterocycles. The molecule has 0 saturated heterocycles. The average molecular weight is 426 g/mol. The number of hydrazine groups is 1. The molecule has 0 atom stereocenters. The van der Waals surface area contributed by atoms with Crippen LogP contribution in [-0.2, 0) is 0 Å². The summed E-state index contributed by atoms with van der Waals surface area (Å²) >= 11 is 0. The smallest absolute Gasteiger partial charge is 0.226 e. The van der Waals surface area contributed by atoms with E-state index in [1.54, 1.807) is 25.5 Å². The zero-order valence-electron chi connectivity index (χ0n) is 18.0. The number of anilines is 1. The van der Waals surface area contributed by atoms with Crippen molar-refractivity contribution in [1.82, 2.24) is 20.0 Å². The third-order valence-corrected chi connectivity index (χ3v) is 5.46. The summed E-state index contributed by atoms with van der Waals surface area (Å²) in [5, 5.41) is 4.64. The summed E-state index contributed by atoms with van der Waals surface area (Å²) in [4.78, 5) is 13.1. The van der Waals surface area contributed by atoms with Crippen LogP contribution in [0.2, 0.25) is 0 Å². The molecule has 2 fully saturated rings. The van der Waals surface area contributed by atoms with Crippen molar-refractivity contribution in [3.05, 3.63) is 42.0 Å². The van der Waals surface area contributed by atoms with Crippen LogP contribution in [0.1, 0.15) is 50.6 Å². The van der Waals surface area contributed by atoms with Gasteiger partial charge >= 0.3 is 0 Å². The molecule has 9 heteroatoms. The monoisotopic (exact) mass is 425 g/mol. The lowest BCUT2D eigenvalue weighted by atomic mass is 9.98. The fourth-order valence-electron chi connectivity index (χ4n) is 3.55. The number of hydrogen-bond acceptors (Lipinski definition) is 9. The third kappa shape index (κ3) is 5.97. The molecule has 0 radical (unpaired) electrons. The van der Waals surface area contributed by atoms with Crippen molar-refractivity contribution in [1.29, 1.82) is 0 Å². The van der Waals surface area contributed by atoms with Gasteiger partial charge in [0.15, 0.2) is 0 Å². The highest BCUT2D eigenvalue weighted by Crippen LogP contribution is 2.26. The Morgan fingerprint density at radius 2 is 1.84 bits per heavy atom. The maximum Gasteiger partial charge on any atom is 0.226 e. The predicted molar refractivity (Wildman–Crippen MR) is 119 cm³/mol. The molecule has 2 aliphatic rings. The van der Waals surface area contributed by atoms with Crippen molar-refractivity contribution in [2.24, 2.45) is 11.6 Å². The first-order valence-corrected chi connectivity index (χ1v) is 10.9. The van der Waals surface area contributed by atoms with Gasteiger partial charge in [-0.3, -0.25) is 4.98 Å². The van der Waals surface area contributed by atoms with Crippen LogP contribution in [0.5, 0.6) is 11.6 Å². The number of likely N-dealkylation sites (N-methyl/N-ethyl adjacent to an activating group) is 1. The quantitative estimate of drug-likeness (QED) is 0.411. The topological polar surface area (TPSA) is 124 Å². The van der Waals surface area contributed by atoms with Gasteiger partial charge in [0.05, 0.1) is 35.9 Å². The second kappa shape index (κ2) is 9.82. The van der Waals surface area contributed by atoms with Gasteiger partial charge < -0.3 is 25.5 Å². The standard InChI is InChI=1S/C22H31N7O2/c1-29(24)19(14-27-22-25-12-11-20(28-22)31-16-7-8-16)21(23)18-10-9-17(13-26-18)30-15-5-3-2-4-6-15/h9-13,15-16H,2-8,14,23-24H2,1H3,(H,25,27,28)/b21-19-.